The van der Waals surface area contributed by atoms with Gasteiger partial charge in [0.25, 0.3) is 0 Å². The van der Waals surface area contributed by atoms with Gasteiger partial charge >= 0.3 is 0 Å². The molecule has 1 fully saturated rings. The summed E-state index contributed by atoms with van der Waals surface area (Å²) in [6.07, 6.45) is 0.914. The molecule has 0 aromatic carbocycles. The van der Waals surface area contributed by atoms with Crippen LogP contribution in [0.3, 0.4) is 0 Å². The lowest BCUT2D eigenvalue weighted by atomic mass is 10.2. The third-order valence-corrected chi connectivity index (χ3v) is 3.09. The highest BCUT2D eigenvalue weighted by Crippen LogP contribution is 2.09. The molecular weight excluding hydrogens is 206 g/mol. The van der Waals surface area contributed by atoms with Gasteiger partial charge < -0.3 is 10.2 Å². The topological polar surface area (TPSA) is 52.7 Å². The maximum Gasteiger partial charge on any atom is 0.237 e. The Morgan fingerprint density at radius 3 is 2.56 bits per heavy atom. The normalized spacial score (nSPS) is 21.0. The molecule has 0 saturated carbocycles. The fourth-order valence-corrected chi connectivity index (χ4v) is 1.59. The fraction of sp³-hybridized carbons (Fsp3) is 0.818. The van der Waals surface area contributed by atoms with Crippen LogP contribution in [-0.2, 0) is 9.59 Å². The van der Waals surface area contributed by atoms with Gasteiger partial charge in [0, 0.05) is 13.1 Å². The molecule has 1 N–H and O–H groups in total. The van der Waals surface area contributed by atoms with Crippen molar-refractivity contribution in [1.82, 2.24) is 15.1 Å². The minimum absolute atomic E-state index is 0.00236. The second kappa shape index (κ2) is 5.30. The third kappa shape index (κ3) is 2.95. The molecule has 1 heterocycles. The first kappa shape index (κ1) is 13.0. The van der Waals surface area contributed by atoms with Gasteiger partial charge in [-0.3, -0.25) is 14.5 Å². The lowest BCUT2D eigenvalue weighted by Crippen LogP contribution is -2.47. The van der Waals surface area contributed by atoms with E-state index in [-0.39, 0.29) is 23.9 Å². The summed E-state index contributed by atoms with van der Waals surface area (Å²) in [6, 6.07) is -0.0612. The van der Waals surface area contributed by atoms with Crippen LogP contribution in [0.15, 0.2) is 0 Å². The number of carbonyl (C=O) groups is 2. The molecule has 1 rings (SSSR count). The van der Waals surface area contributed by atoms with Crippen LogP contribution >= 0.6 is 0 Å². The fourth-order valence-electron chi connectivity index (χ4n) is 1.59. The molecule has 1 saturated heterocycles. The van der Waals surface area contributed by atoms with Crippen molar-refractivity contribution >= 4 is 11.8 Å². The van der Waals surface area contributed by atoms with Crippen molar-refractivity contribution in [3.05, 3.63) is 0 Å². The Morgan fingerprint density at radius 1 is 1.50 bits per heavy atom. The maximum atomic E-state index is 11.8. The Kier molecular flexibility index (Phi) is 4.29. The zero-order valence-electron chi connectivity index (χ0n) is 10.5. The van der Waals surface area contributed by atoms with Crippen LogP contribution in [0.4, 0.5) is 0 Å². The molecule has 0 aliphatic carbocycles. The summed E-state index contributed by atoms with van der Waals surface area (Å²) in [5.41, 5.74) is 0. The summed E-state index contributed by atoms with van der Waals surface area (Å²) in [4.78, 5) is 26.7. The number of nitrogens with one attached hydrogen (secondary N) is 1. The molecular formula is C11H21N3O2. The largest absolute Gasteiger partial charge is 0.352 e. The van der Waals surface area contributed by atoms with E-state index in [0.717, 1.165) is 6.42 Å². The lowest BCUT2D eigenvalue weighted by molar-refractivity contribution is -0.126. The summed E-state index contributed by atoms with van der Waals surface area (Å²) in [5, 5.41) is 2.93. The van der Waals surface area contributed by atoms with Crippen LogP contribution in [0, 0.1) is 0 Å². The molecule has 16 heavy (non-hydrogen) atoms. The van der Waals surface area contributed by atoms with E-state index >= 15 is 0 Å². The molecule has 1 aliphatic heterocycles. The second-order valence-corrected chi connectivity index (χ2v) is 4.47. The maximum absolute atomic E-state index is 11.8. The summed E-state index contributed by atoms with van der Waals surface area (Å²) >= 11 is 0. The number of hydrogen-bond donors (Lipinski definition) is 1. The smallest absolute Gasteiger partial charge is 0.237 e. The molecule has 0 aromatic heterocycles. The molecule has 2 atom stereocenters. The summed E-state index contributed by atoms with van der Waals surface area (Å²) in [7, 11) is 1.75. The average Bonchev–Trinajstić information content (AvgIpc) is 2.57. The van der Waals surface area contributed by atoms with Gasteiger partial charge in [-0.15, -0.1) is 0 Å². The van der Waals surface area contributed by atoms with Gasteiger partial charge in [0.2, 0.25) is 11.8 Å². The van der Waals surface area contributed by atoms with Crippen molar-refractivity contribution in [1.29, 1.82) is 0 Å². The molecule has 1 aliphatic rings. The van der Waals surface area contributed by atoms with Gasteiger partial charge in [-0.2, -0.15) is 0 Å². The Balaban J connectivity index is 2.48. The molecule has 0 spiro atoms. The van der Waals surface area contributed by atoms with E-state index in [2.05, 4.69) is 5.32 Å². The van der Waals surface area contributed by atoms with Gasteiger partial charge in [0.05, 0.1) is 19.3 Å². The zero-order chi connectivity index (χ0) is 12.3. The number of likely N-dealkylation sites (N-methyl/N-ethyl adjacent to an activating group) is 1. The van der Waals surface area contributed by atoms with Gasteiger partial charge in [0.15, 0.2) is 0 Å². The molecule has 0 radical (unpaired) electrons. The van der Waals surface area contributed by atoms with Crippen molar-refractivity contribution in [3.8, 4) is 0 Å². The number of rotatable bonds is 4. The van der Waals surface area contributed by atoms with Gasteiger partial charge in [-0.05, 0) is 20.3 Å². The van der Waals surface area contributed by atoms with Crippen molar-refractivity contribution in [3.63, 3.8) is 0 Å². The van der Waals surface area contributed by atoms with Gasteiger partial charge in [-0.25, -0.2) is 0 Å². The van der Waals surface area contributed by atoms with Crippen molar-refractivity contribution < 1.29 is 9.59 Å². The lowest BCUT2D eigenvalue weighted by Gasteiger charge is -2.23. The molecule has 5 nitrogen and oxygen atoms in total. The molecule has 0 bridgehead atoms. The SMILES string of the molecule is CCC(C)NC(=O)C(C)N1CC(=O)N(C)C1. The molecule has 92 valence electrons. The van der Waals surface area contributed by atoms with Crippen molar-refractivity contribution in [2.75, 3.05) is 20.3 Å². The van der Waals surface area contributed by atoms with Crippen LogP contribution in [-0.4, -0.2) is 54.0 Å². The van der Waals surface area contributed by atoms with E-state index in [1.54, 1.807) is 11.9 Å². The minimum Gasteiger partial charge on any atom is -0.352 e. The first-order valence-corrected chi connectivity index (χ1v) is 5.74. The highest BCUT2D eigenvalue weighted by atomic mass is 16.2. The number of nitrogens with zero attached hydrogens (tertiary/aromatic N) is 2. The monoisotopic (exact) mass is 227 g/mol. The van der Waals surface area contributed by atoms with E-state index < -0.39 is 0 Å². The van der Waals surface area contributed by atoms with E-state index in [0.29, 0.717) is 13.2 Å². The molecule has 2 unspecified atom stereocenters. The number of carbonyl (C=O) groups excluding carboxylic acids is 2. The van der Waals surface area contributed by atoms with Gasteiger partial charge in [-0.1, -0.05) is 6.92 Å². The van der Waals surface area contributed by atoms with E-state index in [4.69, 9.17) is 0 Å². The molecule has 2 amide bonds. The van der Waals surface area contributed by atoms with Crippen LogP contribution in [0.5, 0.6) is 0 Å². The van der Waals surface area contributed by atoms with E-state index in [9.17, 15) is 9.59 Å². The zero-order valence-corrected chi connectivity index (χ0v) is 10.5. The van der Waals surface area contributed by atoms with Crippen molar-refractivity contribution in [2.45, 2.75) is 39.3 Å². The first-order valence-electron chi connectivity index (χ1n) is 5.74. The predicted octanol–water partition coefficient (Wildman–Crippen LogP) is 0.0211. The molecule has 5 heteroatoms. The Labute approximate surface area is 96.8 Å². The van der Waals surface area contributed by atoms with Crippen molar-refractivity contribution in [2.24, 2.45) is 0 Å². The Bertz CT molecular complexity index is 280. The van der Waals surface area contributed by atoms with Crippen LogP contribution in [0.25, 0.3) is 0 Å². The van der Waals surface area contributed by atoms with Crippen LogP contribution in [0.1, 0.15) is 27.2 Å². The van der Waals surface area contributed by atoms with Crippen LogP contribution < -0.4 is 5.32 Å². The highest BCUT2D eigenvalue weighted by Gasteiger charge is 2.31. The van der Waals surface area contributed by atoms with E-state index in [1.165, 1.54) is 0 Å². The Hall–Kier alpha value is -1.10. The highest BCUT2D eigenvalue weighted by molar-refractivity contribution is 5.84. The average molecular weight is 227 g/mol. The van der Waals surface area contributed by atoms with E-state index in [1.807, 2.05) is 25.7 Å². The second-order valence-electron chi connectivity index (χ2n) is 4.47. The number of amides is 2. The summed E-state index contributed by atoms with van der Waals surface area (Å²) in [5.74, 6) is 0.0700. The quantitative estimate of drug-likeness (QED) is 0.736. The van der Waals surface area contributed by atoms with Crippen LogP contribution in [0.2, 0.25) is 0 Å². The Morgan fingerprint density at radius 2 is 2.12 bits per heavy atom. The van der Waals surface area contributed by atoms with Gasteiger partial charge in [0.1, 0.15) is 0 Å². The summed E-state index contributed by atoms with van der Waals surface area (Å²) in [6.45, 7) is 6.72. The summed E-state index contributed by atoms with van der Waals surface area (Å²) < 4.78 is 0. The predicted molar refractivity (Wildman–Crippen MR) is 61.7 cm³/mol. The molecule has 0 aromatic rings. The third-order valence-electron chi connectivity index (χ3n) is 3.09. The standard InChI is InChI=1S/C11H21N3O2/c1-5-8(2)12-11(16)9(3)14-6-10(15)13(4)7-14/h8-9H,5-7H2,1-4H3,(H,12,16). The number of hydrogen-bond acceptors (Lipinski definition) is 3. The first-order chi connectivity index (χ1) is 7.45. The minimum atomic E-state index is -0.247.